The van der Waals surface area contributed by atoms with Gasteiger partial charge in [-0.25, -0.2) is 13.1 Å². The molecule has 1 aromatic carbocycles. The van der Waals surface area contributed by atoms with Gasteiger partial charge in [0, 0.05) is 22.6 Å². The Hall–Kier alpha value is -0.0400. The van der Waals surface area contributed by atoms with Gasteiger partial charge in [0.15, 0.2) is 0 Å². The fourth-order valence-corrected chi connectivity index (χ4v) is 3.60. The van der Waals surface area contributed by atoms with Crippen molar-refractivity contribution in [2.45, 2.75) is 24.6 Å². The minimum atomic E-state index is -3.42. The van der Waals surface area contributed by atoms with Gasteiger partial charge < -0.3 is 5.73 Å². The molecule has 0 amide bonds. The van der Waals surface area contributed by atoms with Crippen LogP contribution in [0.2, 0.25) is 10.0 Å². The van der Waals surface area contributed by atoms with E-state index >= 15 is 0 Å². The first-order valence-corrected chi connectivity index (χ1v) is 8.44. The van der Waals surface area contributed by atoms with Crippen molar-refractivity contribution < 1.29 is 8.42 Å². The van der Waals surface area contributed by atoms with Gasteiger partial charge in [-0.3, -0.25) is 0 Å². The number of sulfonamides is 1. The molecule has 1 fully saturated rings. The van der Waals surface area contributed by atoms with Gasteiger partial charge >= 0.3 is 0 Å². The summed E-state index contributed by atoms with van der Waals surface area (Å²) in [6.07, 6.45) is 2.18. The van der Waals surface area contributed by atoms with Crippen molar-refractivity contribution in [3.8, 4) is 0 Å². The van der Waals surface area contributed by atoms with Crippen LogP contribution in [0.5, 0.6) is 0 Å². The van der Waals surface area contributed by atoms with Crippen molar-refractivity contribution in [1.82, 2.24) is 4.72 Å². The summed E-state index contributed by atoms with van der Waals surface area (Å²) in [5.41, 5.74) is 6.42. The Kier molecular flexibility index (Phi) is 6.57. The van der Waals surface area contributed by atoms with Crippen LogP contribution in [-0.2, 0) is 15.8 Å². The van der Waals surface area contributed by atoms with Gasteiger partial charge in [-0.2, -0.15) is 0 Å². The van der Waals surface area contributed by atoms with Crippen molar-refractivity contribution in [2.75, 3.05) is 6.54 Å². The zero-order chi connectivity index (χ0) is 14.0. The normalized spacial score (nSPS) is 16.6. The maximum Gasteiger partial charge on any atom is 0.215 e. The predicted molar refractivity (Wildman–Crippen MR) is 85.0 cm³/mol. The highest BCUT2D eigenvalue weighted by Crippen LogP contribution is 2.31. The van der Waals surface area contributed by atoms with E-state index in [1.807, 2.05) is 0 Å². The molecule has 1 aromatic rings. The Morgan fingerprint density at radius 2 is 1.80 bits per heavy atom. The highest BCUT2D eigenvalue weighted by atomic mass is 35.5. The molecule has 1 atom stereocenters. The third kappa shape index (κ3) is 5.76. The Balaban J connectivity index is 0.00000200. The van der Waals surface area contributed by atoms with Crippen molar-refractivity contribution in [3.05, 3.63) is 33.8 Å². The molecule has 0 aromatic heterocycles. The number of benzene rings is 1. The van der Waals surface area contributed by atoms with E-state index in [4.69, 9.17) is 28.9 Å². The van der Waals surface area contributed by atoms with Crippen molar-refractivity contribution in [1.29, 1.82) is 0 Å². The summed E-state index contributed by atoms with van der Waals surface area (Å²) >= 11 is 11.7. The van der Waals surface area contributed by atoms with E-state index in [1.54, 1.807) is 18.2 Å². The average molecular weight is 360 g/mol. The number of hydrogen-bond donors (Lipinski definition) is 2. The third-order valence-corrected chi connectivity index (χ3v) is 4.80. The molecule has 0 spiro atoms. The van der Waals surface area contributed by atoms with E-state index in [9.17, 15) is 8.42 Å². The second-order valence-electron chi connectivity index (χ2n) is 4.89. The zero-order valence-corrected chi connectivity index (χ0v) is 13.8. The lowest BCUT2D eigenvalue weighted by Crippen LogP contribution is -2.39. The van der Waals surface area contributed by atoms with Gasteiger partial charge in [-0.1, -0.05) is 23.2 Å². The van der Waals surface area contributed by atoms with Gasteiger partial charge in [-0.05, 0) is 42.5 Å². The van der Waals surface area contributed by atoms with Crippen LogP contribution in [0.15, 0.2) is 18.2 Å². The number of rotatable bonds is 6. The number of nitrogens with one attached hydrogen (secondary N) is 1. The predicted octanol–water partition coefficient (Wildman–Crippen LogP) is 2.57. The van der Waals surface area contributed by atoms with Crippen LogP contribution in [0.25, 0.3) is 0 Å². The standard InChI is InChI=1S/C12H16Cl2N2O2S.ClH/c13-10-3-8(4-11(14)5-10)7-19(17,18)16-6-12(15)9-1-2-9;/h3-5,9,12,16H,1-2,6-7,15H2;1H. The van der Waals surface area contributed by atoms with Crippen molar-refractivity contribution >= 4 is 45.6 Å². The molecule has 0 saturated heterocycles. The van der Waals surface area contributed by atoms with Crippen LogP contribution in [0.3, 0.4) is 0 Å². The number of halogens is 3. The summed E-state index contributed by atoms with van der Waals surface area (Å²) in [6, 6.07) is 4.65. The van der Waals surface area contributed by atoms with Crippen LogP contribution in [0.4, 0.5) is 0 Å². The van der Waals surface area contributed by atoms with Gasteiger partial charge in [0.05, 0.1) is 5.75 Å². The largest absolute Gasteiger partial charge is 0.326 e. The SMILES string of the molecule is Cl.NC(CNS(=O)(=O)Cc1cc(Cl)cc(Cl)c1)C1CC1. The van der Waals surface area contributed by atoms with Crippen molar-refractivity contribution in [3.63, 3.8) is 0 Å². The summed E-state index contributed by atoms with van der Waals surface area (Å²) in [5.74, 6) is 0.313. The molecule has 1 aliphatic carbocycles. The first kappa shape index (κ1) is 18.0. The molecule has 1 aliphatic rings. The summed E-state index contributed by atoms with van der Waals surface area (Å²) in [7, 11) is -3.42. The first-order chi connectivity index (χ1) is 8.85. The quantitative estimate of drug-likeness (QED) is 0.820. The summed E-state index contributed by atoms with van der Waals surface area (Å²) in [4.78, 5) is 0. The van der Waals surface area contributed by atoms with Crippen LogP contribution >= 0.6 is 35.6 Å². The minimum absolute atomic E-state index is 0. The molecule has 0 bridgehead atoms. The molecule has 3 N–H and O–H groups in total. The molecule has 0 aliphatic heterocycles. The molecular formula is C12H17Cl3N2O2S. The third-order valence-electron chi connectivity index (χ3n) is 3.05. The summed E-state index contributed by atoms with van der Waals surface area (Å²) < 4.78 is 26.4. The molecule has 1 unspecified atom stereocenters. The fraction of sp³-hybridized carbons (Fsp3) is 0.500. The molecule has 0 heterocycles. The van der Waals surface area contributed by atoms with Crippen LogP contribution < -0.4 is 10.5 Å². The van der Waals surface area contributed by atoms with Crippen LogP contribution in [-0.4, -0.2) is 21.0 Å². The van der Waals surface area contributed by atoms with Crippen LogP contribution in [0, 0.1) is 5.92 Å². The summed E-state index contributed by atoms with van der Waals surface area (Å²) in [5, 5.41) is 0.847. The molecule has 2 rings (SSSR count). The van der Waals surface area contributed by atoms with Gasteiger partial charge in [0.25, 0.3) is 0 Å². The lowest BCUT2D eigenvalue weighted by Gasteiger charge is -2.12. The second kappa shape index (κ2) is 7.29. The molecule has 4 nitrogen and oxygen atoms in total. The highest BCUT2D eigenvalue weighted by molar-refractivity contribution is 7.88. The van der Waals surface area contributed by atoms with E-state index in [1.165, 1.54) is 0 Å². The molecule has 20 heavy (non-hydrogen) atoms. The van der Waals surface area contributed by atoms with Gasteiger partial charge in [-0.15, -0.1) is 12.4 Å². The Labute approximate surface area is 135 Å². The van der Waals surface area contributed by atoms with E-state index in [2.05, 4.69) is 4.72 Å². The average Bonchev–Trinajstić information content (AvgIpc) is 3.07. The summed E-state index contributed by atoms with van der Waals surface area (Å²) in [6.45, 7) is 0.279. The number of nitrogens with two attached hydrogens (primary N) is 1. The Morgan fingerprint density at radius 1 is 1.25 bits per heavy atom. The highest BCUT2D eigenvalue weighted by Gasteiger charge is 2.29. The first-order valence-electron chi connectivity index (χ1n) is 6.03. The molecule has 1 saturated carbocycles. The lowest BCUT2D eigenvalue weighted by atomic mass is 10.2. The van der Waals surface area contributed by atoms with E-state index in [0.717, 1.165) is 12.8 Å². The second-order valence-corrected chi connectivity index (χ2v) is 7.57. The monoisotopic (exact) mass is 358 g/mol. The molecule has 8 heteroatoms. The topological polar surface area (TPSA) is 72.2 Å². The number of hydrogen-bond acceptors (Lipinski definition) is 3. The maximum atomic E-state index is 11.9. The lowest BCUT2D eigenvalue weighted by molar-refractivity contribution is 0.547. The van der Waals surface area contributed by atoms with E-state index in [-0.39, 0.29) is 30.7 Å². The molecule has 114 valence electrons. The van der Waals surface area contributed by atoms with Gasteiger partial charge in [0.2, 0.25) is 10.0 Å². The van der Waals surface area contributed by atoms with Crippen molar-refractivity contribution in [2.24, 2.45) is 11.7 Å². The van der Waals surface area contributed by atoms with E-state index in [0.29, 0.717) is 21.5 Å². The van der Waals surface area contributed by atoms with Crippen LogP contribution in [0.1, 0.15) is 18.4 Å². The van der Waals surface area contributed by atoms with E-state index < -0.39 is 10.0 Å². The Bertz CT molecular complexity index is 542. The molecule has 0 radical (unpaired) electrons. The van der Waals surface area contributed by atoms with Gasteiger partial charge in [0.1, 0.15) is 0 Å². The zero-order valence-electron chi connectivity index (χ0n) is 10.7. The molecular weight excluding hydrogens is 343 g/mol. The fourth-order valence-electron chi connectivity index (χ4n) is 1.88. The smallest absolute Gasteiger partial charge is 0.215 e. The minimum Gasteiger partial charge on any atom is -0.326 e. The Morgan fingerprint density at radius 3 is 2.30 bits per heavy atom. The maximum absolute atomic E-state index is 11.9.